The summed E-state index contributed by atoms with van der Waals surface area (Å²) in [6.45, 7) is 7.12. The second-order valence-electron chi connectivity index (χ2n) is 8.42. The Hall–Kier alpha value is -3.12. The van der Waals surface area contributed by atoms with Crippen molar-refractivity contribution in [3.63, 3.8) is 0 Å². The Balaban J connectivity index is 1.73. The van der Waals surface area contributed by atoms with E-state index in [-0.39, 0.29) is 11.5 Å². The molecule has 4 rings (SSSR count). The highest BCUT2D eigenvalue weighted by atomic mass is 16.5. The molecule has 1 aromatic rings. The van der Waals surface area contributed by atoms with Gasteiger partial charge in [-0.2, -0.15) is 0 Å². The average molecular weight is 434 g/mol. The molecule has 1 fully saturated rings. The molecule has 2 heterocycles. The highest BCUT2D eigenvalue weighted by Gasteiger charge is 2.37. The molecule has 2 aliphatic heterocycles. The first-order chi connectivity index (χ1) is 15.5. The van der Waals surface area contributed by atoms with E-state index in [0.717, 1.165) is 48.4 Å². The third-order valence-electron chi connectivity index (χ3n) is 6.45. The summed E-state index contributed by atoms with van der Waals surface area (Å²) >= 11 is 0. The fraction of sp³-hybridized carbons (Fsp3) is 0.385. The minimum absolute atomic E-state index is 0.0492. The lowest BCUT2D eigenvalue weighted by Gasteiger charge is -2.40. The van der Waals surface area contributed by atoms with Crippen molar-refractivity contribution in [1.29, 1.82) is 0 Å². The van der Waals surface area contributed by atoms with E-state index < -0.39 is 5.91 Å². The first-order valence-electron chi connectivity index (χ1n) is 11.4. The summed E-state index contributed by atoms with van der Waals surface area (Å²) in [4.78, 5) is 26.5. The van der Waals surface area contributed by atoms with Crippen molar-refractivity contribution in [1.82, 2.24) is 10.2 Å². The van der Waals surface area contributed by atoms with Gasteiger partial charge in [-0.15, -0.1) is 0 Å². The van der Waals surface area contributed by atoms with E-state index in [2.05, 4.69) is 17.5 Å². The number of hydrogen-bond donors (Lipinski definition) is 2. The van der Waals surface area contributed by atoms with Crippen LogP contribution < -0.4 is 15.8 Å². The zero-order valence-corrected chi connectivity index (χ0v) is 18.8. The molecule has 0 atom stereocenters. The van der Waals surface area contributed by atoms with Gasteiger partial charge in [-0.3, -0.25) is 9.59 Å². The van der Waals surface area contributed by atoms with Crippen molar-refractivity contribution >= 4 is 17.4 Å². The largest absolute Gasteiger partial charge is 0.482 e. The van der Waals surface area contributed by atoms with Gasteiger partial charge in [-0.1, -0.05) is 18.2 Å². The topological polar surface area (TPSA) is 84.7 Å². The summed E-state index contributed by atoms with van der Waals surface area (Å²) in [6.07, 6.45) is 12.6. The van der Waals surface area contributed by atoms with Crippen LogP contribution in [0, 0.1) is 0 Å². The standard InChI is InChI=1S/C26H31N3O3/c1-3-29(4-2)25(31)19-7-5-6-18(8-9-19)22-17-26(12-14-28-15-13-26)32-23-11-10-20(24(27)30)16-21(22)23/h6-11,16-17,28H,3-5,12-15H2,1-2H3,(H2,27,30). The second kappa shape index (κ2) is 9.17. The number of likely N-dealkylation sites (N-methyl/N-ethyl adjacent to an activating group) is 1. The molecule has 3 N–H and O–H groups in total. The smallest absolute Gasteiger partial charge is 0.253 e. The van der Waals surface area contributed by atoms with Crippen LogP contribution in [0.3, 0.4) is 0 Å². The number of carbonyl (C=O) groups is 2. The zero-order chi connectivity index (χ0) is 22.7. The minimum atomic E-state index is -0.464. The lowest BCUT2D eigenvalue weighted by molar-refractivity contribution is -0.126. The predicted octanol–water partition coefficient (Wildman–Crippen LogP) is 3.36. The summed E-state index contributed by atoms with van der Waals surface area (Å²) in [5.41, 5.74) is 9.24. The van der Waals surface area contributed by atoms with E-state index in [1.54, 1.807) is 6.07 Å². The number of nitrogens with zero attached hydrogens (tertiary/aromatic N) is 1. The lowest BCUT2D eigenvalue weighted by Crippen LogP contribution is -2.46. The fourth-order valence-corrected chi connectivity index (χ4v) is 4.59. The number of piperidine rings is 1. The average Bonchev–Trinajstić information content (AvgIpc) is 3.06. The molecule has 3 aliphatic rings. The van der Waals surface area contributed by atoms with Gasteiger partial charge in [-0.05, 0) is 74.9 Å². The summed E-state index contributed by atoms with van der Waals surface area (Å²) in [5, 5.41) is 3.40. The molecular weight excluding hydrogens is 402 g/mol. The highest BCUT2D eigenvalue weighted by Crippen LogP contribution is 2.43. The Morgan fingerprint density at radius 3 is 2.56 bits per heavy atom. The van der Waals surface area contributed by atoms with E-state index in [1.807, 2.05) is 49.1 Å². The number of hydrogen-bond acceptors (Lipinski definition) is 4. The normalized spacial score (nSPS) is 19.1. The third kappa shape index (κ3) is 4.28. The summed E-state index contributed by atoms with van der Waals surface area (Å²) < 4.78 is 6.47. The van der Waals surface area contributed by atoms with Crippen molar-refractivity contribution < 1.29 is 14.3 Å². The van der Waals surface area contributed by atoms with Gasteiger partial charge in [0.25, 0.3) is 5.91 Å². The van der Waals surface area contributed by atoms with E-state index in [4.69, 9.17) is 10.5 Å². The molecule has 1 aliphatic carbocycles. The van der Waals surface area contributed by atoms with Crippen LogP contribution >= 0.6 is 0 Å². The van der Waals surface area contributed by atoms with Gasteiger partial charge in [0.05, 0.1) is 0 Å². The number of nitrogens with one attached hydrogen (secondary N) is 1. The Kier molecular flexibility index (Phi) is 6.33. The molecule has 2 amide bonds. The first kappa shape index (κ1) is 22.1. The molecule has 6 nitrogen and oxygen atoms in total. The van der Waals surface area contributed by atoms with Gasteiger partial charge in [0.1, 0.15) is 11.4 Å². The van der Waals surface area contributed by atoms with Gasteiger partial charge in [0.2, 0.25) is 5.91 Å². The van der Waals surface area contributed by atoms with Crippen LogP contribution in [-0.2, 0) is 4.79 Å². The number of rotatable bonds is 5. The summed E-state index contributed by atoms with van der Waals surface area (Å²) in [6, 6.07) is 5.38. The number of carbonyl (C=O) groups excluding carboxylic acids is 2. The number of primary amides is 1. The number of ether oxygens (including phenoxy) is 1. The second-order valence-corrected chi connectivity index (χ2v) is 8.42. The molecule has 1 aromatic carbocycles. The summed E-state index contributed by atoms with van der Waals surface area (Å²) in [5.74, 6) is 0.349. The van der Waals surface area contributed by atoms with E-state index in [9.17, 15) is 9.59 Å². The monoisotopic (exact) mass is 433 g/mol. The van der Waals surface area contributed by atoms with Crippen LogP contribution in [0.5, 0.6) is 5.75 Å². The number of nitrogens with two attached hydrogens (primary N) is 1. The molecule has 0 unspecified atom stereocenters. The van der Waals surface area contributed by atoms with Gasteiger partial charge in [0, 0.05) is 42.6 Å². The molecule has 1 saturated heterocycles. The van der Waals surface area contributed by atoms with Crippen LogP contribution in [0.25, 0.3) is 5.57 Å². The number of fused-ring (bicyclic) bond motifs is 1. The Bertz CT molecular complexity index is 1040. The Morgan fingerprint density at radius 1 is 1.12 bits per heavy atom. The maximum Gasteiger partial charge on any atom is 0.253 e. The molecule has 0 saturated carbocycles. The van der Waals surface area contributed by atoms with E-state index in [1.165, 1.54) is 0 Å². The molecule has 1 spiro atoms. The van der Waals surface area contributed by atoms with E-state index >= 15 is 0 Å². The third-order valence-corrected chi connectivity index (χ3v) is 6.45. The van der Waals surface area contributed by atoms with Crippen LogP contribution in [0.4, 0.5) is 0 Å². The van der Waals surface area contributed by atoms with Crippen LogP contribution in [0.2, 0.25) is 0 Å². The quantitative estimate of drug-likeness (QED) is 0.746. The van der Waals surface area contributed by atoms with Crippen molar-refractivity contribution in [2.45, 2.75) is 38.7 Å². The Labute approximate surface area is 189 Å². The van der Waals surface area contributed by atoms with Crippen LogP contribution in [0.15, 0.2) is 59.7 Å². The van der Waals surface area contributed by atoms with Gasteiger partial charge < -0.3 is 20.7 Å². The number of allylic oxidation sites excluding steroid dienone is 5. The Morgan fingerprint density at radius 2 is 1.88 bits per heavy atom. The molecule has 32 heavy (non-hydrogen) atoms. The highest BCUT2D eigenvalue weighted by molar-refractivity contribution is 5.98. The van der Waals surface area contributed by atoms with Crippen molar-refractivity contribution in [3.05, 3.63) is 70.9 Å². The molecule has 0 radical (unpaired) electrons. The maximum absolute atomic E-state index is 12.8. The van der Waals surface area contributed by atoms with E-state index in [0.29, 0.717) is 30.6 Å². The molecule has 168 valence electrons. The number of amides is 2. The predicted molar refractivity (Wildman–Crippen MR) is 126 cm³/mol. The maximum atomic E-state index is 12.8. The SMILES string of the molecule is CCN(CC)C(=O)C1=CCC=C(C2=CC3(CCNCC3)Oc3ccc(C(N)=O)cc32)C=C1. The zero-order valence-electron chi connectivity index (χ0n) is 18.8. The summed E-state index contributed by atoms with van der Waals surface area (Å²) in [7, 11) is 0. The van der Waals surface area contributed by atoms with Crippen molar-refractivity contribution in [3.8, 4) is 5.75 Å². The lowest BCUT2D eigenvalue weighted by atomic mass is 9.82. The first-order valence-corrected chi connectivity index (χ1v) is 11.4. The fourth-order valence-electron chi connectivity index (χ4n) is 4.59. The molecule has 6 heteroatoms. The molecular formula is C26H31N3O3. The minimum Gasteiger partial charge on any atom is -0.482 e. The van der Waals surface area contributed by atoms with Crippen molar-refractivity contribution in [2.24, 2.45) is 5.73 Å². The van der Waals surface area contributed by atoms with Gasteiger partial charge in [0.15, 0.2) is 0 Å². The van der Waals surface area contributed by atoms with Crippen molar-refractivity contribution in [2.75, 3.05) is 26.2 Å². The molecule has 0 aromatic heterocycles. The molecule has 0 bridgehead atoms. The van der Waals surface area contributed by atoms with Crippen LogP contribution in [0.1, 0.15) is 49.0 Å². The van der Waals surface area contributed by atoms with Gasteiger partial charge >= 0.3 is 0 Å². The van der Waals surface area contributed by atoms with Crippen LogP contribution in [-0.4, -0.2) is 48.5 Å². The van der Waals surface area contributed by atoms with Gasteiger partial charge in [-0.25, -0.2) is 0 Å². The number of benzene rings is 1.